The summed E-state index contributed by atoms with van der Waals surface area (Å²) < 4.78 is 15.7. The fourth-order valence-electron chi connectivity index (χ4n) is 4.45. The van der Waals surface area contributed by atoms with Gasteiger partial charge in [0.25, 0.3) is 5.91 Å². The van der Waals surface area contributed by atoms with E-state index in [9.17, 15) is 9.00 Å². The molecule has 1 amide bonds. The van der Waals surface area contributed by atoms with Crippen LogP contribution in [-0.2, 0) is 10.8 Å². The molecule has 5 rings (SSSR count). The molecule has 0 radical (unpaired) electrons. The number of carbonyl (C=O) groups is 1. The second kappa shape index (κ2) is 8.88. The highest BCUT2D eigenvalue weighted by molar-refractivity contribution is 7.85. The molecule has 178 valence electrons. The van der Waals surface area contributed by atoms with Gasteiger partial charge in [-0.1, -0.05) is 11.6 Å². The van der Waals surface area contributed by atoms with Crippen LogP contribution in [-0.4, -0.2) is 58.7 Å². The van der Waals surface area contributed by atoms with Crippen molar-refractivity contribution in [2.24, 2.45) is 0 Å². The molecule has 0 saturated carbocycles. The molecule has 2 atom stereocenters. The van der Waals surface area contributed by atoms with Crippen LogP contribution in [0.25, 0.3) is 11.2 Å². The van der Waals surface area contributed by atoms with Crippen molar-refractivity contribution in [2.45, 2.75) is 26.3 Å². The summed E-state index contributed by atoms with van der Waals surface area (Å²) in [5, 5.41) is 7.77. The predicted molar refractivity (Wildman–Crippen MR) is 133 cm³/mol. The van der Waals surface area contributed by atoms with E-state index in [-0.39, 0.29) is 17.3 Å². The number of anilines is 2. The lowest BCUT2D eigenvalue weighted by Gasteiger charge is -2.29. The number of rotatable bonds is 4. The summed E-state index contributed by atoms with van der Waals surface area (Å²) in [5.41, 5.74) is 8.29. The molecule has 4 aromatic heterocycles. The lowest BCUT2D eigenvalue weighted by atomic mass is 10.1. The molecular formula is C22H25ClN8O2S. The topological polar surface area (TPSA) is 123 Å². The van der Waals surface area contributed by atoms with Crippen LogP contribution in [0.1, 0.15) is 41.1 Å². The number of nitrogens with two attached hydrogens (primary N) is 1. The van der Waals surface area contributed by atoms with Gasteiger partial charge < -0.3 is 16.0 Å². The Morgan fingerprint density at radius 2 is 2.12 bits per heavy atom. The second-order valence-electron chi connectivity index (χ2n) is 8.33. The van der Waals surface area contributed by atoms with Crippen LogP contribution < -0.4 is 16.0 Å². The van der Waals surface area contributed by atoms with Crippen LogP contribution in [0.3, 0.4) is 0 Å². The minimum atomic E-state index is -0.841. The third-order valence-corrected chi connectivity index (χ3v) is 7.77. The fourth-order valence-corrected chi connectivity index (χ4v) is 5.78. The van der Waals surface area contributed by atoms with E-state index in [0.29, 0.717) is 28.7 Å². The molecule has 2 unspecified atom stereocenters. The van der Waals surface area contributed by atoms with Crippen molar-refractivity contribution in [1.29, 1.82) is 0 Å². The Morgan fingerprint density at radius 3 is 2.94 bits per heavy atom. The van der Waals surface area contributed by atoms with Gasteiger partial charge in [0, 0.05) is 53.4 Å². The van der Waals surface area contributed by atoms with Crippen molar-refractivity contribution in [3.8, 4) is 0 Å². The molecule has 0 bridgehead atoms. The Balaban J connectivity index is 1.57. The molecule has 1 fully saturated rings. The second-order valence-corrected chi connectivity index (χ2v) is 10.4. The number of pyridine rings is 1. The molecule has 10 nitrogen and oxygen atoms in total. The molecule has 34 heavy (non-hydrogen) atoms. The van der Waals surface area contributed by atoms with E-state index < -0.39 is 16.8 Å². The zero-order chi connectivity index (χ0) is 24.0. The number of amides is 1. The van der Waals surface area contributed by atoms with Gasteiger partial charge in [0.1, 0.15) is 17.2 Å². The van der Waals surface area contributed by atoms with E-state index >= 15 is 0 Å². The molecule has 0 aliphatic carbocycles. The molecule has 12 heteroatoms. The summed E-state index contributed by atoms with van der Waals surface area (Å²) in [6.07, 6.45) is 5.84. The Kier molecular flexibility index (Phi) is 5.90. The van der Waals surface area contributed by atoms with E-state index in [1.165, 1.54) is 4.52 Å². The normalized spacial score (nSPS) is 17.7. The number of aromatic nitrogens is 5. The van der Waals surface area contributed by atoms with Crippen molar-refractivity contribution >= 4 is 51.1 Å². The molecule has 4 aromatic rings. The third kappa shape index (κ3) is 3.88. The minimum Gasteiger partial charge on any atom is -0.381 e. The summed E-state index contributed by atoms with van der Waals surface area (Å²) in [4.78, 5) is 24.2. The fraction of sp³-hybridized carbons (Fsp3) is 0.364. The Labute approximate surface area is 203 Å². The number of hydrogen-bond acceptors (Lipinski definition) is 7. The number of nitrogen functional groups attached to an aromatic ring is 1. The quantitative estimate of drug-likeness (QED) is 0.441. The zero-order valence-corrected chi connectivity index (χ0v) is 20.4. The van der Waals surface area contributed by atoms with Gasteiger partial charge in [-0.25, -0.2) is 14.5 Å². The number of carbonyl (C=O) groups excluding carboxylic acids is 1. The average molecular weight is 501 g/mol. The van der Waals surface area contributed by atoms with Crippen LogP contribution in [0.15, 0.2) is 30.7 Å². The van der Waals surface area contributed by atoms with Crippen LogP contribution in [0.5, 0.6) is 0 Å². The van der Waals surface area contributed by atoms with E-state index in [4.69, 9.17) is 17.3 Å². The Hall–Kier alpha value is -3.18. The van der Waals surface area contributed by atoms with Gasteiger partial charge in [0.05, 0.1) is 22.8 Å². The number of nitrogens with zero attached hydrogens (tertiary/aromatic N) is 6. The Bertz CT molecular complexity index is 1430. The van der Waals surface area contributed by atoms with Crippen molar-refractivity contribution in [1.82, 2.24) is 29.3 Å². The molecule has 0 spiro atoms. The molecule has 1 aliphatic heterocycles. The van der Waals surface area contributed by atoms with E-state index in [0.717, 1.165) is 35.7 Å². The van der Waals surface area contributed by atoms with Crippen molar-refractivity contribution in [3.05, 3.63) is 52.7 Å². The lowest BCUT2D eigenvalue weighted by Crippen LogP contribution is -2.33. The molecule has 3 N–H and O–H groups in total. The molecular weight excluding hydrogens is 476 g/mol. The van der Waals surface area contributed by atoms with E-state index in [1.807, 2.05) is 24.3 Å². The van der Waals surface area contributed by atoms with Gasteiger partial charge in [-0.2, -0.15) is 0 Å². The summed E-state index contributed by atoms with van der Waals surface area (Å²) in [7, 11) is -0.841. The highest BCUT2D eigenvalue weighted by Crippen LogP contribution is 2.34. The van der Waals surface area contributed by atoms with Crippen LogP contribution in [0, 0.1) is 6.92 Å². The number of halogens is 1. The number of hydrogen-bond donors (Lipinski definition) is 2. The molecule has 1 aliphatic rings. The van der Waals surface area contributed by atoms with Gasteiger partial charge in [0.15, 0.2) is 11.5 Å². The van der Waals surface area contributed by atoms with Crippen molar-refractivity contribution in [3.63, 3.8) is 0 Å². The summed E-state index contributed by atoms with van der Waals surface area (Å²) >= 11 is 6.64. The predicted octanol–water partition coefficient (Wildman–Crippen LogP) is 2.37. The van der Waals surface area contributed by atoms with E-state index in [2.05, 4.69) is 25.3 Å². The largest absolute Gasteiger partial charge is 0.381 e. The van der Waals surface area contributed by atoms with Gasteiger partial charge in [-0.15, -0.1) is 5.10 Å². The average Bonchev–Trinajstić information content (AvgIpc) is 3.27. The zero-order valence-electron chi connectivity index (χ0n) is 18.9. The van der Waals surface area contributed by atoms with Crippen molar-refractivity contribution in [2.75, 3.05) is 35.2 Å². The highest BCUT2D eigenvalue weighted by atomic mass is 35.5. The summed E-state index contributed by atoms with van der Waals surface area (Å²) in [6, 6.07) is 3.17. The monoisotopic (exact) mass is 500 g/mol. The highest BCUT2D eigenvalue weighted by Gasteiger charge is 2.27. The first kappa shape index (κ1) is 22.6. The van der Waals surface area contributed by atoms with Crippen LogP contribution >= 0.6 is 11.6 Å². The minimum absolute atomic E-state index is 0.109. The van der Waals surface area contributed by atoms with Gasteiger partial charge >= 0.3 is 0 Å². The SMILES string of the molecule is Cc1ncc2c(Cl)cc(C(C)NC(=O)c3c(N)nn4cccnc34)c(N3CCCS(=O)CC3)n12. The maximum Gasteiger partial charge on any atom is 0.259 e. The third-order valence-electron chi connectivity index (χ3n) is 6.09. The summed E-state index contributed by atoms with van der Waals surface area (Å²) in [5.74, 6) is 2.68. The number of aryl methyl sites for hydroxylation is 1. The molecule has 0 aromatic carbocycles. The first-order chi connectivity index (χ1) is 16.3. The summed E-state index contributed by atoms with van der Waals surface area (Å²) in [6.45, 7) is 5.20. The number of imidazole rings is 1. The number of fused-ring (bicyclic) bond motifs is 2. The van der Waals surface area contributed by atoms with Gasteiger partial charge in [-0.3, -0.25) is 13.4 Å². The molecule has 5 heterocycles. The van der Waals surface area contributed by atoms with Gasteiger partial charge in [-0.05, 0) is 32.4 Å². The maximum absolute atomic E-state index is 13.3. The first-order valence-electron chi connectivity index (χ1n) is 11.0. The van der Waals surface area contributed by atoms with Crippen LogP contribution in [0.2, 0.25) is 5.02 Å². The smallest absolute Gasteiger partial charge is 0.259 e. The standard InChI is InChI=1S/C22H25ClN8O2S/c1-13(27-21(32)18-19(24)28-30-7-3-5-25-20(18)30)15-11-16(23)17-12-26-14(2)31(17)22(15)29-6-4-9-34(33)10-8-29/h3,5,7,11-13H,4,6,8-10H2,1-2H3,(H2,24,28)(H,27,32). The van der Waals surface area contributed by atoms with Crippen molar-refractivity contribution < 1.29 is 9.00 Å². The maximum atomic E-state index is 13.3. The first-order valence-corrected chi connectivity index (χ1v) is 12.9. The molecule has 1 saturated heterocycles. The Morgan fingerprint density at radius 1 is 1.29 bits per heavy atom. The number of nitrogens with one attached hydrogen (secondary N) is 1. The lowest BCUT2D eigenvalue weighted by molar-refractivity contribution is 0.0942. The van der Waals surface area contributed by atoms with Gasteiger partial charge in [0.2, 0.25) is 0 Å². The van der Waals surface area contributed by atoms with E-state index in [1.54, 1.807) is 24.7 Å². The van der Waals surface area contributed by atoms with Crippen LogP contribution in [0.4, 0.5) is 11.6 Å².